The van der Waals surface area contributed by atoms with Crippen molar-refractivity contribution in [2.45, 2.75) is 57.0 Å². The van der Waals surface area contributed by atoms with E-state index < -0.39 is 17.0 Å². The molecule has 6 heteroatoms. The SMILES string of the molecule is O=C(O)C1(C(=O)NCC23CC(CO)(CCO2)C3)CC2(CCC2)C1. The van der Waals surface area contributed by atoms with E-state index in [0.29, 0.717) is 26.0 Å². The Labute approximate surface area is 135 Å². The van der Waals surface area contributed by atoms with Crippen LogP contribution >= 0.6 is 0 Å². The monoisotopic (exact) mass is 323 g/mol. The molecule has 128 valence electrons. The topological polar surface area (TPSA) is 95.9 Å². The van der Waals surface area contributed by atoms with Crippen LogP contribution in [0.2, 0.25) is 0 Å². The highest BCUT2D eigenvalue weighted by Gasteiger charge is 2.65. The number of fused-ring (bicyclic) bond motifs is 2. The van der Waals surface area contributed by atoms with E-state index in [1.165, 1.54) is 0 Å². The van der Waals surface area contributed by atoms with Crippen LogP contribution in [0.1, 0.15) is 51.4 Å². The van der Waals surface area contributed by atoms with E-state index in [1.54, 1.807) is 0 Å². The molecule has 0 aromatic rings. The van der Waals surface area contributed by atoms with Crippen LogP contribution in [-0.4, -0.2) is 47.4 Å². The zero-order valence-electron chi connectivity index (χ0n) is 13.4. The van der Waals surface area contributed by atoms with E-state index in [-0.39, 0.29) is 23.3 Å². The number of hydrogen-bond acceptors (Lipinski definition) is 4. The van der Waals surface area contributed by atoms with Gasteiger partial charge in [0.2, 0.25) is 5.91 Å². The smallest absolute Gasteiger partial charge is 0.319 e. The lowest BCUT2D eigenvalue weighted by Gasteiger charge is -2.60. The van der Waals surface area contributed by atoms with Crippen molar-refractivity contribution >= 4 is 11.9 Å². The van der Waals surface area contributed by atoms with Crippen molar-refractivity contribution < 1.29 is 24.5 Å². The number of carboxylic acids is 1. The summed E-state index contributed by atoms with van der Waals surface area (Å²) in [5.74, 6) is -1.35. The zero-order chi connectivity index (χ0) is 16.3. The number of carbonyl (C=O) groups is 2. The first-order chi connectivity index (χ1) is 10.9. The van der Waals surface area contributed by atoms with Gasteiger partial charge in [0.05, 0.1) is 5.60 Å². The number of amides is 1. The third-order valence-electron chi connectivity index (χ3n) is 6.95. The number of aliphatic hydroxyl groups excluding tert-OH is 1. The van der Waals surface area contributed by atoms with Crippen molar-refractivity contribution in [3.63, 3.8) is 0 Å². The van der Waals surface area contributed by atoms with Crippen LogP contribution in [0.3, 0.4) is 0 Å². The molecule has 3 N–H and O–H groups in total. The molecule has 0 atom stereocenters. The zero-order valence-corrected chi connectivity index (χ0v) is 13.4. The van der Waals surface area contributed by atoms with Gasteiger partial charge >= 0.3 is 5.97 Å². The molecule has 2 bridgehead atoms. The molecular formula is C17H25NO5. The molecule has 5 aliphatic rings. The summed E-state index contributed by atoms with van der Waals surface area (Å²) in [6.07, 6.45) is 6.59. The fourth-order valence-corrected chi connectivity index (χ4v) is 5.52. The fraction of sp³-hybridized carbons (Fsp3) is 0.882. The first-order valence-electron chi connectivity index (χ1n) is 8.64. The maximum absolute atomic E-state index is 12.6. The van der Waals surface area contributed by atoms with Gasteiger partial charge in [0.15, 0.2) is 0 Å². The molecule has 0 aromatic heterocycles. The van der Waals surface area contributed by atoms with Crippen LogP contribution in [0.15, 0.2) is 0 Å². The van der Waals surface area contributed by atoms with Gasteiger partial charge in [-0.25, -0.2) is 0 Å². The third-order valence-corrected chi connectivity index (χ3v) is 6.95. The Morgan fingerprint density at radius 1 is 1.09 bits per heavy atom. The van der Waals surface area contributed by atoms with Gasteiger partial charge in [-0.05, 0) is 50.4 Å². The van der Waals surface area contributed by atoms with Gasteiger partial charge in [-0.1, -0.05) is 6.42 Å². The number of aliphatic carboxylic acids is 1. The molecule has 6 nitrogen and oxygen atoms in total. The summed E-state index contributed by atoms with van der Waals surface area (Å²) < 4.78 is 5.83. The average molecular weight is 323 g/mol. The molecule has 0 unspecified atom stereocenters. The summed E-state index contributed by atoms with van der Waals surface area (Å²) in [6, 6.07) is 0. The lowest BCUT2D eigenvalue weighted by Crippen LogP contribution is -2.67. The maximum atomic E-state index is 12.6. The van der Waals surface area contributed by atoms with Crippen LogP contribution in [0, 0.1) is 16.2 Å². The Balaban J connectivity index is 1.37. The maximum Gasteiger partial charge on any atom is 0.319 e. The minimum Gasteiger partial charge on any atom is -0.480 e. The number of carboxylic acid groups (broad SMARTS) is 1. The summed E-state index contributed by atoms with van der Waals surface area (Å²) in [7, 11) is 0. The molecular weight excluding hydrogens is 298 g/mol. The largest absolute Gasteiger partial charge is 0.480 e. The Kier molecular flexibility index (Phi) is 3.14. The third kappa shape index (κ3) is 2.07. The number of carbonyl (C=O) groups excluding carboxylic acids is 1. The van der Waals surface area contributed by atoms with Crippen molar-refractivity contribution in [2.24, 2.45) is 16.2 Å². The van der Waals surface area contributed by atoms with E-state index in [2.05, 4.69) is 5.32 Å². The predicted molar refractivity (Wildman–Crippen MR) is 80.6 cm³/mol. The Morgan fingerprint density at radius 3 is 2.30 bits per heavy atom. The van der Waals surface area contributed by atoms with E-state index in [0.717, 1.165) is 38.5 Å². The van der Waals surface area contributed by atoms with Crippen molar-refractivity contribution in [1.29, 1.82) is 0 Å². The number of hydrogen-bond donors (Lipinski definition) is 3. The minimum atomic E-state index is -1.23. The minimum absolute atomic E-state index is 0.0417. The molecule has 2 saturated heterocycles. The molecule has 3 aliphatic carbocycles. The highest BCUT2D eigenvalue weighted by Crippen LogP contribution is 2.64. The molecule has 3 saturated carbocycles. The summed E-state index contributed by atoms with van der Waals surface area (Å²) in [6.45, 7) is 1.12. The van der Waals surface area contributed by atoms with Crippen LogP contribution in [0.25, 0.3) is 0 Å². The van der Waals surface area contributed by atoms with Crippen molar-refractivity contribution in [3.05, 3.63) is 0 Å². The van der Waals surface area contributed by atoms with E-state index >= 15 is 0 Å². The number of nitrogens with one attached hydrogen (secondary N) is 1. The first kappa shape index (κ1) is 15.4. The van der Waals surface area contributed by atoms with Crippen LogP contribution in [-0.2, 0) is 14.3 Å². The average Bonchev–Trinajstić information content (AvgIpc) is 2.42. The molecule has 0 aromatic carbocycles. The van der Waals surface area contributed by atoms with Gasteiger partial charge in [0.1, 0.15) is 5.41 Å². The molecule has 23 heavy (non-hydrogen) atoms. The van der Waals surface area contributed by atoms with E-state index in [9.17, 15) is 19.8 Å². The van der Waals surface area contributed by atoms with Crippen molar-refractivity contribution in [3.8, 4) is 0 Å². The van der Waals surface area contributed by atoms with Crippen molar-refractivity contribution in [2.75, 3.05) is 19.8 Å². The standard InChI is InChI=1S/C17H25NO5/c19-11-15-4-5-23-16(6-15,7-15)10-18-12(20)17(13(21)22)8-14(9-17)2-1-3-14/h19H,1-11H2,(H,18,20)(H,21,22). The second kappa shape index (κ2) is 4.70. The van der Waals surface area contributed by atoms with Crippen LogP contribution in [0.4, 0.5) is 0 Å². The Hall–Kier alpha value is -1.14. The highest BCUT2D eigenvalue weighted by molar-refractivity contribution is 6.03. The van der Waals surface area contributed by atoms with Crippen LogP contribution < -0.4 is 5.32 Å². The van der Waals surface area contributed by atoms with E-state index in [4.69, 9.17) is 4.74 Å². The lowest BCUT2D eigenvalue weighted by molar-refractivity contribution is -0.233. The summed E-state index contributed by atoms with van der Waals surface area (Å²) in [5.41, 5.74) is -1.55. The second-order valence-corrected chi connectivity index (χ2v) is 8.57. The molecule has 0 radical (unpaired) electrons. The lowest BCUT2D eigenvalue weighted by atomic mass is 9.45. The molecule has 1 spiro atoms. The van der Waals surface area contributed by atoms with Gasteiger partial charge in [-0.2, -0.15) is 0 Å². The van der Waals surface area contributed by atoms with Crippen LogP contribution in [0.5, 0.6) is 0 Å². The summed E-state index contributed by atoms with van der Waals surface area (Å²) in [5, 5.41) is 21.9. The predicted octanol–water partition coefficient (Wildman–Crippen LogP) is 1.07. The highest BCUT2D eigenvalue weighted by atomic mass is 16.5. The number of rotatable bonds is 5. The first-order valence-corrected chi connectivity index (χ1v) is 8.64. The summed E-state index contributed by atoms with van der Waals surface area (Å²) in [4.78, 5) is 24.3. The van der Waals surface area contributed by atoms with Gasteiger partial charge < -0.3 is 20.3 Å². The summed E-state index contributed by atoms with van der Waals surface area (Å²) >= 11 is 0. The molecule has 2 heterocycles. The normalized spacial score (nSPS) is 38.8. The second-order valence-electron chi connectivity index (χ2n) is 8.57. The van der Waals surface area contributed by atoms with Gasteiger partial charge in [-0.3, -0.25) is 9.59 Å². The quantitative estimate of drug-likeness (QED) is 0.658. The molecule has 5 rings (SSSR count). The molecule has 1 amide bonds. The fourth-order valence-electron chi connectivity index (χ4n) is 5.52. The Bertz CT molecular complexity index is 539. The van der Waals surface area contributed by atoms with Gasteiger partial charge in [-0.15, -0.1) is 0 Å². The van der Waals surface area contributed by atoms with Crippen molar-refractivity contribution in [1.82, 2.24) is 5.32 Å². The van der Waals surface area contributed by atoms with Gasteiger partial charge in [0.25, 0.3) is 0 Å². The Morgan fingerprint density at radius 2 is 1.78 bits per heavy atom. The number of aliphatic hydroxyl groups is 1. The molecule has 2 aliphatic heterocycles. The van der Waals surface area contributed by atoms with E-state index in [1.807, 2.05) is 0 Å². The van der Waals surface area contributed by atoms with Gasteiger partial charge in [0, 0.05) is 25.2 Å². The molecule has 5 fully saturated rings. The number of ether oxygens (including phenoxy) is 1.